The summed E-state index contributed by atoms with van der Waals surface area (Å²) in [5.74, 6) is 0.350. The van der Waals surface area contributed by atoms with Crippen molar-refractivity contribution in [2.75, 3.05) is 0 Å². The number of hydrogen-bond acceptors (Lipinski definition) is 3. The molecule has 0 aliphatic heterocycles. The molecule has 0 unspecified atom stereocenters. The molecule has 0 N–H and O–H groups in total. The van der Waals surface area contributed by atoms with Crippen LogP contribution in [-0.4, -0.2) is 8.42 Å². The molecule has 0 fully saturated rings. The average molecular weight is 326 g/mol. The molecule has 3 nitrogen and oxygen atoms in total. The zero-order valence-electron chi connectivity index (χ0n) is 13.3. The average Bonchev–Trinajstić information content (AvgIpc) is 2.45. The molecule has 0 aliphatic carbocycles. The first-order valence-electron chi connectivity index (χ1n) is 7.38. The first-order valence-corrected chi connectivity index (χ1v) is 8.79. The zero-order chi connectivity index (χ0) is 16.6. The molecule has 0 bridgehead atoms. The van der Waals surface area contributed by atoms with Gasteiger partial charge in [0.15, 0.2) is 5.75 Å². The lowest BCUT2D eigenvalue weighted by Crippen LogP contribution is -2.13. The van der Waals surface area contributed by atoms with Gasteiger partial charge >= 0.3 is 10.1 Å². The molecule has 0 radical (unpaired) electrons. The van der Waals surface area contributed by atoms with Crippen LogP contribution in [0.15, 0.2) is 59.5 Å². The normalized spacial score (nSPS) is 11.6. The van der Waals surface area contributed by atoms with Crippen molar-refractivity contribution in [1.29, 1.82) is 0 Å². The van der Waals surface area contributed by atoms with Gasteiger partial charge in [-0.1, -0.05) is 54.1 Å². The minimum atomic E-state index is -3.88. The zero-order valence-corrected chi connectivity index (χ0v) is 14.1. The predicted molar refractivity (Wildman–Crippen MR) is 92.4 cm³/mol. The standard InChI is InChI=1S/C19H18O3S/c1-13-11-14(2)19(15(3)12-13)23(20,21)22-18-10-6-8-16-7-4-5-9-17(16)18/h4-12H,1-3H3. The Kier molecular flexibility index (Phi) is 3.86. The van der Waals surface area contributed by atoms with Gasteiger partial charge in [0.1, 0.15) is 4.90 Å². The van der Waals surface area contributed by atoms with Crippen molar-refractivity contribution in [2.45, 2.75) is 25.7 Å². The van der Waals surface area contributed by atoms with Gasteiger partial charge in [-0.05, 0) is 43.4 Å². The highest BCUT2D eigenvalue weighted by Crippen LogP contribution is 2.30. The molecule has 3 aromatic carbocycles. The van der Waals surface area contributed by atoms with E-state index in [-0.39, 0.29) is 4.90 Å². The summed E-state index contributed by atoms with van der Waals surface area (Å²) in [5.41, 5.74) is 2.43. The van der Waals surface area contributed by atoms with Crippen LogP contribution in [0.3, 0.4) is 0 Å². The summed E-state index contributed by atoms with van der Waals surface area (Å²) in [7, 11) is -3.88. The minimum absolute atomic E-state index is 0.246. The Morgan fingerprint density at radius 2 is 1.43 bits per heavy atom. The second-order valence-electron chi connectivity index (χ2n) is 5.74. The maximum absolute atomic E-state index is 12.8. The molecule has 0 saturated carbocycles. The lowest BCUT2D eigenvalue weighted by molar-refractivity contribution is 0.487. The molecule has 0 spiro atoms. The highest BCUT2D eigenvalue weighted by atomic mass is 32.2. The summed E-state index contributed by atoms with van der Waals surface area (Å²) >= 11 is 0. The monoisotopic (exact) mass is 326 g/mol. The van der Waals surface area contributed by atoms with E-state index in [9.17, 15) is 8.42 Å². The summed E-state index contributed by atoms with van der Waals surface area (Å²) in [6.45, 7) is 5.53. The maximum atomic E-state index is 12.8. The van der Waals surface area contributed by atoms with Crippen LogP contribution in [0.4, 0.5) is 0 Å². The van der Waals surface area contributed by atoms with Crippen LogP contribution in [0.1, 0.15) is 16.7 Å². The quantitative estimate of drug-likeness (QED) is 0.664. The van der Waals surface area contributed by atoms with Gasteiger partial charge in [-0.25, -0.2) is 0 Å². The van der Waals surface area contributed by atoms with E-state index in [0.717, 1.165) is 16.3 Å². The van der Waals surface area contributed by atoms with Crippen molar-refractivity contribution in [3.05, 3.63) is 71.3 Å². The topological polar surface area (TPSA) is 43.4 Å². The Balaban J connectivity index is 2.12. The van der Waals surface area contributed by atoms with Crippen molar-refractivity contribution in [1.82, 2.24) is 0 Å². The van der Waals surface area contributed by atoms with Crippen LogP contribution in [0.2, 0.25) is 0 Å². The second kappa shape index (κ2) is 5.70. The summed E-state index contributed by atoms with van der Waals surface area (Å²) in [5, 5.41) is 1.72. The molecule has 3 aromatic rings. The van der Waals surface area contributed by atoms with Crippen molar-refractivity contribution in [3.8, 4) is 5.75 Å². The number of rotatable bonds is 3. The summed E-state index contributed by atoms with van der Waals surface area (Å²) in [4.78, 5) is 0.246. The van der Waals surface area contributed by atoms with Crippen LogP contribution >= 0.6 is 0 Å². The SMILES string of the molecule is Cc1cc(C)c(S(=O)(=O)Oc2cccc3ccccc23)c(C)c1. The predicted octanol–water partition coefficient (Wildman–Crippen LogP) is 4.53. The van der Waals surface area contributed by atoms with Crippen LogP contribution in [0, 0.1) is 20.8 Å². The largest absolute Gasteiger partial charge is 0.378 e. The fourth-order valence-electron chi connectivity index (χ4n) is 2.99. The molecule has 3 rings (SSSR count). The lowest BCUT2D eigenvalue weighted by Gasteiger charge is -2.14. The third-order valence-electron chi connectivity index (χ3n) is 3.80. The van der Waals surface area contributed by atoms with E-state index in [2.05, 4.69) is 0 Å². The maximum Gasteiger partial charge on any atom is 0.339 e. The highest BCUT2D eigenvalue weighted by molar-refractivity contribution is 7.87. The molecule has 0 atom stereocenters. The first-order chi connectivity index (χ1) is 10.9. The van der Waals surface area contributed by atoms with Crippen molar-refractivity contribution >= 4 is 20.9 Å². The van der Waals surface area contributed by atoms with E-state index in [0.29, 0.717) is 16.9 Å². The summed E-state index contributed by atoms with van der Waals surface area (Å²) in [6.07, 6.45) is 0. The minimum Gasteiger partial charge on any atom is -0.378 e. The first kappa shape index (κ1) is 15.6. The Morgan fingerprint density at radius 3 is 2.13 bits per heavy atom. The Labute approximate surface area is 136 Å². The number of hydrogen-bond donors (Lipinski definition) is 0. The molecule has 0 amide bonds. The van der Waals surface area contributed by atoms with E-state index in [1.54, 1.807) is 26.0 Å². The highest BCUT2D eigenvalue weighted by Gasteiger charge is 2.23. The van der Waals surface area contributed by atoms with Gasteiger partial charge in [0, 0.05) is 5.39 Å². The Hall–Kier alpha value is -2.33. The molecule has 4 heteroatoms. The van der Waals surface area contributed by atoms with E-state index in [4.69, 9.17) is 4.18 Å². The molecule has 0 saturated heterocycles. The van der Waals surface area contributed by atoms with Gasteiger partial charge in [-0.15, -0.1) is 0 Å². The summed E-state index contributed by atoms with van der Waals surface area (Å²) < 4.78 is 31.0. The van der Waals surface area contributed by atoms with Crippen LogP contribution < -0.4 is 4.18 Å². The Morgan fingerprint density at radius 1 is 0.826 bits per heavy atom. The fraction of sp³-hybridized carbons (Fsp3) is 0.158. The fourth-order valence-corrected chi connectivity index (χ4v) is 4.36. The number of aryl methyl sites for hydroxylation is 3. The molecule has 23 heavy (non-hydrogen) atoms. The molecular weight excluding hydrogens is 308 g/mol. The van der Waals surface area contributed by atoms with Gasteiger partial charge in [-0.2, -0.15) is 8.42 Å². The van der Waals surface area contributed by atoms with Gasteiger partial charge < -0.3 is 4.18 Å². The van der Waals surface area contributed by atoms with Gasteiger partial charge in [0.25, 0.3) is 0 Å². The van der Waals surface area contributed by atoms with Crippen LogP contribution in [0.5, 0.6) is 5.75 Å². The Bertz CT molecular complexity index is 960. The van der Waals surface area contributed by atoms with Crippen molar-refractivity contribution in [2.24, 2.45) is 0 Å². The van der Waals surface area contributed by atoms with Gasteiger partial charge in [-0.3, -0.25) is 0 Å². The van der Waals surface area contributed by atoms with E-state index in [1.807, 2.05) is 49.4 Å². The third-order valence-corrected chi connectivity index (χ3v) is 5.35. The number of fused-ring (bicyclic) bond motifs is 1. The smallest absolute Gasteiger partial charge is 0.339 e. The molecule has 0 aliphatic rings. The van der Waals surface area contributed by atoms with E-state index >= 15 is 0 Å². The third kappa shape index (κ3) is 2.94. The van der Waals surface area contributed by atoms with Crippen LogP contribution in [0.25, 0.3) is 10.8 Å². The summed E-state index contributed by atoms with van der Waals surface area (Å²) in [6, 6.07) is 16.7. The second-order valence-corrected chi connectivity index (χ2v) is 7.23. The number of benzene rings is 3. The van der Waals surface area contributed by atoms with Gasteiger partial charge in [0.2, 0.25) is 0 Å². The molecule has 118 valence electrons. The van der Waals surface area contributed by atoms with E-state index in [1.165, 1.54) is 0 Å². The van der Waals surface area contributed by atoms with E-state index < -0.39 is 10.1 Å². The van der Waals surface area contributed by atoms with Crippen LogP contribution in [-0.2, 0) is 10.1 Å². The van der Waals surface area contributed by atoms with Crippen molar-refractivity contribution < 1.29 is 12.6 Å². The molecule has 0 heterocycles. The molecular formula is C19H18O3S. The lowest BCUT2D eigenvalue weighted by atomic mass is 10.1. The molecule has 0 aromatic heterocycles. The van der Waals surface area contributed by atoms with Crippen molar-refractivity contribution in [3.63, 3.8) is 0 Å². The van der Waals surface area contributed by atoms with Gasteiger partial charge in [0.05, 0.1) is 0 Å².